The quantitative estimate of drug-likeness (QED) is 0.383. The topological polar surface area (TPSA) is 82.5 Å². The first-order valence-corrected chi connectivity index (χ1v) is 11.6. The molecule has 0 saturated carbocycles. The molecular weight excluding hydrogens is 474 g/mol. The Morgan fingerprint density at radius 3 is 2.38 bits per heavy atom. The number of amides is 1. The molecule has 0 aliphatic carbocycles. The van der Waals surface area contributed by atoms with Crippen molar-refractivity contribution < 1.29 is 31.1 Å². The van der Waals surface area contributed by atoms with Crippen LogP contribution in [0.5, 0.6) is 0 Å². The van der Waals surface area contributed by atoms with Crippen molar-refractivity contribution >= 4 is 22.9 Å². The molecule has 0 aliphatic rings. The molecule has 2 N–H and O–H groups in total. The third-order valence-electron chi connectivity index (χ3n) is 5.36. The molecule has 0 saturated heterocycles. The molecule has 0 spiro atoms. The number of anilines is 1. The van der Waals surface area contributed by atoms with Gasteiger partial charge in [-0.2, -0.15) is 13.2 Å². The van der Waals surface area contributed by atoms with Crippen molar-refractivity contribution in [2.24, 2.45) is 5.41 Å². The number of rotatable bonds is 8. The standard InChI is InChI=1S/C23H29F4N3O3S/c1-14(15-6-8-19(17(24)12-15)30(5)34(32)33)21(31)28-13-16-7-9-20(23(25,26)27)29-18(16)10-11-22(2,3)4/h6-9,12,14H,10-11,13H2,1-5H3,(H,28,31)(H,32,33). The van der Waals surface area contributed by atoms with E-state index in [0.29, 0.717) is 24.0 Å². The van der Waals surface area contributed by atoms with Crippen LogP contribution in [-0.2, 0) is 35.2 Å². The molecule has 188 valence electrons. The molecule has 2 atom stereocenters. The van der Waals surface area contributed by atoms with Gasteiger partial charge in [-0.25, -0.2) is 13.6 Å². The van der Waals surface area contributed by atoms with E-state index in [1.807, 2.05) is 20.8 Å². The summed E-state index contributed by atoms with van der Waals surface area (Å²) in [5, 5.41) is 2.69. The molecule has 2 aromatic rings. The summed E-state index contributed by atoms with van der Waals surface area (Å²) in [5.74, 6) is -1.99. The van der Waals surface area contributed by atoms with Crippen LogP contribution in [-0.4, -0.2) is 26.7 Å². The molecule has 0 aliphatic heterocycles. The first-order valence-electron chi connectivity index (χ1n) is 10.6. The van der Waals surface area contributed by atoms with Gasteiger partial charge < -0.3 is 5.32 Å². The lowest BCUT2D eigenvalue weighted by Gasteiger charge is -2.20. The van der Waals surface area contributed by atoms with Crippen molar-refractivity contribution in [1.29, 1.82) is 0 Å². The third kappa shape index (κ3) is 7.49. The molecule has 11 heteroatoms. The Morgan fingerprint density at radius 2 is 1.85 bits per heavy atom. The second kappa shape index (κ2) is 10.8. The number of halogens is 4. The summed E-state index contributed by atoms with van der Waals surface area (Å²) >= 11 is -2.40. The number of hydrogen-bond donors (Lipinski definition) is 2. The van der Waals surface area contributed by atoms with E-state index in [1.165, 1.54) is 25.2 Å². The van der Waals surface area contributed by atoms with Crippen LogP contribution < -0.4 is 9.62 Å². The molecule has 1 aromatic heterocycles. The largest absolute Gasteiger partial charge is 0.433 e. The highest BCUT2D eigenvalue weighted by Gasteiger charge is 2.33. The number of carbonyl (C=O) groups excluding carboxylic acids is 1. The summed E-state index contributed by atoms with van der Waals surface area (Å²) in [7, 11) is 1.25. The third-order valence-corrected chi connectivity index (χ3v) is 6.03. The predicted octanol–water partition coefficient (Wildman–Crippen LogP) is 5.21. The number of aromatic nitrogens is 1. The smallest absolute Gasteiger partial charge is 0.351 e. The van der Waals surface area contributed by atoms with Crippen LogP contribution in [0.3, 0.4) is 0 Å². The zero-order chi connectivity index (χ0) is 25.8. The highest BCUT2D eigenvalue weighted by molar-refractivity contribution is 7.80. The molecule has 1 aromatic carbocycles. The van der Waals surface area contributed by atoms with Crippen LogP contribution in [0.2, 0.25) is 0 Å². The lowest BCUT2D eigenvalue weighted by atomic mass is 9.89. The Kier molecular flexibility index (Phi) is 8.81. The van der Waals surface area contributed by atoms with Crippen LogP contribution in [0, 0.1) is 11.2 Å². The van der Waals surface area contributed by atoms with E-state index in [1.54, 1.807) is 6.92 Å². The number of alkyl halides is 3. The van der Waals surface area contributed by atoms with E-state index in [-0.39, 0.29) is 23.3 Å². The minimum absolute atomic E-state index is 0.0272. The van der Waals surface area contributed by atoms with Gasteiger partial charge in [0.2, 0.25) is 5.91 Å². The van der Waals surface area contributed by atoms with Crippen molar-refractivity contribution in [3.05, 3.63) is 58.7 Å². The summed E-state index contributed by atoms with van der Waals surface area (Å²) in [6.07, 6.45) is -3.64. The molecule has 0 bridgehead atoms. The zero-order valence-electron chi connectivity index (χ0n) is 19.7. The fraction of sp³-hybridized carbons (Fsp3) is 0.478. The van der Waals surface area contributed by atoms with Crippen LogP contribution in [0.1, 0.15) is 62.5 Å². The molecule has 1 heterocycles. The van der Waals surface area contributed by atoms with E-state index in [4.69, 9.17) is 4.55 Å². The molecule has 0 fully saturated rings. The fourth-order valence-corrected chi connectivity index (χ4v) is 3.49. The van der Waals surface area contributed by atoms with Crippen LogP contribution in [0.25, 0.3) is 0 Å². The van der Waals surface area contributed by atoms with Gasteiger partial charge in [0.15, 0.2) is 0 Å². The number of pyridine rings is 1. The Bertz CT molecular complexity index is 1050. The summed E-state index contributed by atoms with van der Waals surface area (Å²) in [4.78, 5) is 16.5. The molecule has 1 amide bonds. The van der Waals surface area contributed by atoms with E-state index >= 15 is 0 Å². The maximum atomic E-state index is 14.4. The normalized spacial score (nSPS) is 13.9. The summed E-state index contributed by atoms with van der Waals surface area (Å²) in [6, 6.07) is 6.09. The second-order valence-corrected chi connectivity index (χ2v) is 10.2. The van der Waals surface area contributed by atoms with E-state index < -0.39 is 40.8 Å². The summed E-state index contributed by atoms with van der Waals surface area (Å²) in [5.41, 5.74) is -0.104. The minimum Gasteiger partial charge on any atom is -0.351 e. The Hall–Kier alpha value is -2.53. The van der Waals surface area contributed by atoms with Crippen molar-refractivity contribution in [2.45, 2.75) is 59.2 Å². The fourth-order valence-electron chi connectivity index (χ4n) is 3.18. The highest BCUT2D eigenvalue weighted by Crippen LogP contribution is 2.30. The Labute approximate surface area is 199 Å². The Balaban J connectivity index is 2.18. The average molecular weight is 504 g/mol. The number of nitrogens with zero attached hydrogens (tertiary/aromatic N) is 2. The van der Waals surface area contributed by atoms with Gasteiger partial charge in [0, 0.05) is 19.3 Å². The van der Waals surface area contributed by atoms with Crippen molar-refractivity contribution in [3.8, 4) is 0 Å². The van der Waals surface area contributed by atoms with E-state index in [9.17, 15) is 26.6 Å². The lowest BCUT2D eigenvalue weighted by Crippen LogP contribution is -2.28. The molecule has 34 heavy (non-hydrogen) atoms. The number of carbonyl (C=O) groups is 1. The van der Waals surface area contributed by atoms with Crippen LogP contribution in [0.15, 0.2) is 30.3 Å². The van der Waals surface area contributed by atoms with E-state index in [0.717, 1.165) is 16.4 Å². The predicted molar refractivity (Wildman–Crippen MR) is 123 cm³/mol. The van der Waals surface area contributed by atoms with Gasteiger partial charge in [-0.1, -0.05) is 32.9 Å². The molecular formula is C23H29F4N3O3S. The number of hydrogen-bond acceptors (Lipinski definition) is 3. The lowest BCUT2D eigenvalue weighted by molar-refractivity contribution is -0.141. The first-order chi connectivity index (χ1) is 15.6. The number of nitrogens with one attached hydrogen (secondary N) is 1. The van der Waals surface area contributed by atoms with E-state index in [2.05, 4.69) is 10.3 Å². The van der Waals surface area contributed by atoms with Gasteiger partial charge in [-0.3, -0.25) is 13.7 Å². The highest BCUT2D eigenvalue weighted by atomic mass is 32.2. The summed E-state index contributed by atoms with van der Waals surface area (Å²) in [6.45, 7) is 7.46. The van der Waals surface area contributed by atoms with Gasteiger partial charge in [0.05, 0.1) is 11.6 Å². The minimum atomic E-state index is -4.57. The number of aryl methyl sites for hydroxylation is 1. The van der Waals surface area contributed by atoms with Crippen molar-refractivity contribution in [3.63, 3.8) is 0 Å². The zero-order valence-corrected chi connectivity index (χ0v) is 20.5. The van der Waals surface area contributed by atoms with Gasteiger partial charge in [-0.15, -0.1) is 0 Å². The SMILES string of the molecule is CC(C(=O)NCc1ccc(C(F)(F)F)nc1CCC(C)(C)C)c1ccc(N(C)S(=O)O)c(F)c1. The average Bonchev–Trinajstić information content (AvgIpc) is 2.73. The van der Waals surface area contributed by atoms with Gasteiger partial charge in [-0.05, 0) is 54.5 Å². The second-order valence-electron chi connectivity index (χ2n) is 9.24. The Morgan fingerprint density at radius 1 is 1.21 bits per heavy atom. The first kappa shape index (κ1) is 27.7. The van der Waals surface area contributed by atoms with Gasteiger partial charge in [0.25, 0.3) is 11.3 Å². The monoisotopic (exact) mass is 503 g/mol. The van der Waals surface area contributed by atoms with Gasteiger partial charge in [0.1, 0.15) is 11.5 Å². The number of benzene rings is 1. The molecule has 2 rings (SSSR count). The van der Waals surface area contributed by atoms with Crippen molar-refractivity contribution in [1.82, 2.24) is 10.3 Å². The molecule has 0 radical (unpaired) electrons. The molecule has 2 unspecified atom stereocenters. The molecule has 6 nitrogen and oxygen atoms in total. The van der Waals surface area contributed by atoms with Crippen molar-refractivity contribution in [2.75, 3.05) is 11.4 Å². The maximum Gasteiger partial charge on any atom is 0.433 e. The van der Waals surface area contributed by atoms with Crippen LogP contribution in [0.4, 0.5) is 23.2 Å². The maximum absolute atomic E-state index is 14.4. The summed E-state index contributed by atoms with van der Waals surface area (Å²) < 4.78 is 74.9. The van der Waals surface area contributed by atoms with Crippen LogP contribution >= 0.6 is 0 Å². The van der Waals surface area contributed by atoms with Gasteiger partial charge >= 0.3 is 6.18 Å².